The Kier molecular flexibility index (Phi) is 7.71. The summed E-state index contributed by atoms with van der Waals surface area (Å²) in [6, 6.07) is 0. The van der Waals surface area contributed by atoms with Crippen LogP contribution in [0.25, 0.3) is 0 Å². The number of allylic oxidation sites excluding steroid dienone is 4. The average Bonchev–Trinajstić information content (AvgIpc) is 2.11. The molecule has 0 heterocycles. The van der Waals surface area contributed by atoms with E-state index in [1.807, 2.05) is 6.08 Å². The van der Waals surface area contributed by atoms with Crippen LogP contribution in [0.2, 0.25) is 0 Å². The van der Waals surface area contributed by atoms with Gasteiger partial charge in [-0.25, -0.2) is 0 Å². The van der Waals surface area contributed by atoms with Crippen LogP contribution in [-0.4, -0.2) is 13.1 Å². The fraction of sp³-hybridized carbons (Fsp3) is 0.455. The molecule has 0 aliphatic carbocycles. The van der Waals surface area contributed by atoms with Crippen LogP contribution in [0.3, 0.4) is 0 Å². The van der Waals surface area contributed by atoms with Crippen molar-refractivity contribution in [3.63, 3.8) is 0 Å². The third-order valence-corrected chi connectivity index (χ3v) is 1.66. The van der Waals surface area contributed by atoms with Gasteiger partial charge < -0.3 is 5.32 Å². The summed E-state index contributed by atoms with van der Waals surface area (Å²) < 4.78 is 0. The quantitative estimate of drug-likeness (QED) is 0.471. The Morgan fingerprint density at radius 2 is 2.25 bits per heavy atom. The predicted molar refractivity (Wildman–Crippen MR) is 56.3 cm³/mol. The molecule has 1 nitrogen and oxygen atoms in total. The smallest absolute Gasteiger partial charge is 0.0167 e. The van der Waals surface area contributed by atoms with E-state index in [9.17, 15) is 0 Å². The predicted octanol–water partition coefficient (Wildman–Crippen LogP) is 2.67. The highest BCUT2D eigenvalue weighted by atomic mass is 14.8. The van der Waals surface area contributed by atoms with E-state index < -0.39 is 0 Å². The normalized spacial score (nSPS) is 12.3. The molecular formula is C11H19N. The van der Waals surface area contributed by atoms with Crippen molar-refractivity contribution >= 4 is 0 Å². The highest BCUT2D eigenvalue weighted by Crippen LogP contribution is 2.00. The third kappa shape index (κ3) is 5.93. The second kappa shape index (κ2) is 8.28. The van der Waals surface area contributed by atoms with Gasteiger partial charge in [0.2, 0.25) is 0 Å². The van der Waals surface area contributed by atoms with Crippen molar-refractivity contribution in [3.05, 3.63) is 36.5 Å². The summed E-state index contributed by atoms with van der Waals surface area (Å²) in [6.07, 6.45) is 9.10. The summed E-state index contributed by atoms with van der Waals surface area (Å²) in [5.41, 5.74) is 1.43. The van der Waals surface area contributed by atoms with Crippen molar-refractivity contribution in [1.29, 1.82) is 0 Å². The Morgan fingerprint density at radius 1 is 1.50 bits per heavy atom. The zero-order valence-corrected chi connectivity index (χ0v) is 8.14. The minimum atomic E-state index is 0.995. The van der Waals surface area contributed by atoms with Crippen molar-refractivity contribution < 1.29 is 0 Å². The van der Waals surface area contributed by atoms with Gasteiger partial charge in [0.25, 0.3) is 0 Å². The van der Waals surface area contributed by atoms with Gasteiger partial charge in [0.1, 0.15) is 0 Å². The molecule has 0 unspecified atom stereocenters. The molecule has 0 radical (unpaired) electrons. The molecule has 0 aromatic rings. The van der Waals surface area contributed by atoms with Crippen LogP contribution in [0, 0.1) is 0 Å². The molecule has 0 fully saturated rings. The molecule has 1 heteroatoms. The molecule has 0 atom stereocenters. The lowest BCUT2D eigenvalue weighted by atomic mass is 10.1. The largest absolute Gasteiger partial charge is 0.313 e. The second-order valence-electron chi connectivity index (χ2n) is 2.60. The fourth-order valence-corrected chi connectivity index (χ4v) is 0.893. The van der Waals surface area contributed by atoms with Gasteiger partial charge in [-0.15, -0.1) is 0 Å². The topological polar surface area (TPSA) is 12.0 Å². The molecule has 0 rings (SSSR count). The molecule has 0 spiro atoms. The SMILES string of the molecule is C=C/C=C\C/C(=C\C)CNCC. The lowest BCUT2D eigenvalue weighted by molar-refractivity contribution is 0.765. The standard InChI is InChI=1S/C11H19N/c1-4-7-8-9-11(5-2)10-12-6-3/h4-5,7-8,12H,1,6,9-10H2,2-3H3/b8-7-,11-5+. The molecule has 0 amide bonds. The van der Waals surface area contributed by atoms with Crippen molar-refractivity contribution in [3.8, 4) is 0 Å². The molecule has 0 aromatic heterocycles. The monoisotopic (exact) mass is 165 g/mol. The summed E-state index contributed by atoms with van der Waals surface area (Å²) in [6.45, 7) is 9.84. The van der Waals surface area contributed by atoms with E-state index in [0.29, 0.717) is 0 Å². The Morgan fingerprint density at radius 3 is 2.75 bits per heavy atom. The van der Waals surface area contributed by atoms with Gasteiger partial charge in [-0.2, -0.15) is 0 Å². The zero-order chi connectivity index (χ0) is 9.23. The van der Waals surface area contributed by atoms with E-state index in [0.717, 1.165) is 19.5 Å². The number of rotatable bonds is 6. The summed E-state index contributed by atoms with van der Waals surface area (Å²) >= 11 is 0. The van der Waals surface area contributed by atoms with Crippen LogP contribution < -0.4 is 5.32 Å². The van der Waals surface area contributed by atoms with Crippen LogP contribution in [0.15, 0.2) is 36.5 Å². The maximum Gasteiger partial charge on any atom is 0.0167 e. The molecule has 0 saturated heterocycles. The van der Waals surface area contributed by atoms with Gasteiger partial charge in [-0.3, -0.25) is 0 Å². The van der Waals surface area contributed by atoms with E-state index in [2.05, 4.69) is 37.9 Å². The van der Waals surface area contributed by atoms with E-state index in [-0.39, 0.29) is 0 Å². The minimum Gasteiger partial charge on any atom is -0.313 e. The van der Waals surface area contributed by atoms with Gasteiger partial charge in [0.05, 0.1) is 0 Å². The molecule has 68 valence electrons. The van der Waals surface area contributed by atoms with Gasteiger partial charge in [0.15, 0.2) is 0 Å². The summed E-state index contributed by atoms with van der Waals surface area (Å²) in [5.74, 6) is 0. The molecule has 0 aliphatic heterocycles. The molecule has 0 aliphatic rings. The van der Waals surface area contributed by atoms with Gasteiger partial charge in [-0.05, 0) is 19.9 Å². The Labute approximate surface area is 75.9 Å². The van der Waals surface area contributed by atoms with E-state index >= 15 is 0 Å². The first-order valence-corrected chi connectivity index (χ1v) is 4.47. The van der Waals surface area contributed by atoms with Gasteiger partial charge in [0, 0.05) is 6.54 Å². The van der Waals surface area contributed by atoms with Gasteiger partial charge >= 0.3 is 0 Å². The Bertz CT molecular complexity index is 166. The Balaban J connectivity index is 3.68. The first-order valence-electron chi connectivity index (χ1n) is 4.47. The molecular weight excluding hydrogens is 146 g/mol. The molecule has 12 heavy (non-hydrogen) atoms. The Hall–Kier alpha value is -0.820. The fourth-order valence-electron chi connectivity index (χ4n) is 0.893. The minimum absolute atomic E-state index is 0.995. The molecule has 0 bridgehead atoms. The molecule has 1 N–H and O–H groups in total. The second-order valence-corrected chi connectivity index (χ2v) is 2.60. The number of likely N-dealkylation sites (N-methyl/N-ethyl adjacent to an activating group) is 1. The van der Waals surface area contributed by atoms with Crippen LogP contribution in [0.4, 0.5) is 0 Å². The zero-order valence-electron chi connectivity index (χ0n) is 8.14. The van der Waals surface area contributed by atoms with Crippen molar-refractivity contribution in [1.82, 2.24) is 5.32 Å². The first-order chi connectivity index (χ1) is 5.85. The van der Waals surface area contributed by atoms with E-state index in [4.69, 9.17) is 0 Å². The lowest BCUT2D eigenvalue weighted by Crippen LogP contribution is -2.15. The summed E-state index contributed by atoms with van der Waals surface area (Å²) in [4.78, 5) is 0. The summed E-state index contributed by atoms with van der Waals surface area (Å²) in [7, 11) is 0. The van der Waals surface area contributed by atoms with Crippen molar-refractivity contribution in [2.75, 3.05) is 13.1 Å². The average molecular weight is 165 g/mol. The van der Waals surface area contributed by atoms with Crippen molar-refractivity contribution in [2.45, 2.75) is 20.3 Å². The number of nitrogens with one attached hydrogen (secondary N) is 1. The van der Waals surface area contributed by atoms with E-state index in [1.54, 1.807) is 6.08 Å². The first kappa shape index (κ1) is 11.2. The van der Waals surface area contributed by atoms with Gasteiger partial charge in [-0.1, -0.05) is 43.4 Å². The van der Waals surface area contributed by atoms with E-state index in [1.165, 1.54) is 5.57 Å². The van der Waals surface area contributed by atoms with Crippen LogP contribution in [0.1, 0.15) is 20.3 Å². The lowest BCUT2D eigenvalue weighted by Gasteiger charge is -2.03. The maximum atomic E-state index is 3.62. The van der Waals surface area contributed by atoms with Crippen LogP contribution in [0.5, 0.6) is 0 Å². The highest BCUT2D eigenvalue weighted by Gasteiger charge is 1.90. The number of hydrogen-bond donors (Lipinski definition) is 1. The molecule has 0 aromatic carbocycles. The van der Waals surface area contributed by atoms with Crippen LogP contribution in [-0.2, 0) is 0 Å². The van der Waals surface area contributed by atoms with Crippen LogP contribution >= 0.6 is 0 Å². The molecule has 0 saturated carbocycles. The number of hydrogen-bond acceptors (Lipinski definition) is 1. The maximum absolute atomic E-state index is 3.62. The van der Waals surface area contributed by atoms with Crippen molar-refractivity contribution in [2.24, 2.45) is 0 Å². The third-order valence-electron chi connectivity index (χ3n) is 1.66. The summed E-state index contributed by atoms with van der Waals surface area (Å²) in [5, 5.41) is 3.30. The highest BCUT2D eigenvalue weighted by molar-refractivity contribution is 5.10.